The highest BCUT2D eigenvalue weighted by Gasteiger charge is 2.18. The molecule has 1 saturated carbocycles. The molecule has 1 N–H and O–H groups in total. The van der Waals surface area contributed by atoms with E-state index in [4.69, 9.17) is 0 Å². The van der Waals surface area contributed by atoms with Crippen molar-refractivity contribution in [3.8, 4) is 0 Å². The van der Waals surface area contributed by atoms with Crippen LogP contribution in [0.2, 0.25) is 0 Å². The number of aryl methyl sites for hydroxylation is 2. The number of hydrogen-bond donors (Lipinski definition) is 1. The lowest BCUT2D eigenvalue weighted by molar-refractivity contribution is 0.167. The third kappa shape index (κ3) is 3.18. The van der Waals surface area contributed by atoms with Crippen LogP contribution in [-0.2, 0) is 13.5 Å². The number of aliphatic hydroxyl groups excluding tert-OH is 1. The Balaban J connectivity index is 1.67. The van der Waals surface area contributed by atoms with Gasteiger partial charge in [-0.1, -0.05) is 19.3 Å². The van der Waals surface area contributed by atoms with Crippen molar-refractivity contribution in [3.05, 3.63) is 35.4 Å². The van der Waals surface area contributed by atoms with Gasteiger partial charge in [-0.3, -0.25) is 9.36 Å². The zero-order chi connectivity index (χ0) is 14.8. The summed E-state index contributed by atoms with van der Waals surface area (Å²) in [5.74, 6) is 0. The summed E-state index contributed by atoms with van der Waals surface area (Å²) >= 11 is 0. The second kappa shape index (κ2) is 6.02. The minimum absolute atomic E-state index is 0.540. The smallest absolute Gasteiger partial charge is 0.101 e. The average Bonchev–Trinajstić information content (AvgIpc) is 3.06. The van der Waals surface area contributed by atoms with Crippen molar-refractivity contribution in [2.24, 2.45) is 7.05 Å². The molecule has 114 valence electrons. The summed E-state index contributed by atoms with van der Waals surface area (Å²) in [6, 6.07) is 4.51. The van der Waals surface area contributed by atoms with Gasteiger partial charge in [-0.05, 0) is 31.9 Å². The molecule has 1 aliphatic carbocycles. The van der Waals surface area contributed by atoms with E-state index < -0.39 is 6.10 Å². The van der Waals surface area contributed by atoms with E-state index in [9.17, 15) is 5.11 Å². The van der Waals surface area contributed by atoms with Crippen molar-refractivity contribution in [1.82, 2.24) is 19.6 Å². The lowest BCUT2D eigenvalue weighted by Gasteiger charge is -2.21. The third-order valence-corrected chi connectivity index (χ3v) is 4.39. The minimum Gasteiger partial charge on any atom is -0.386 e. The zero-order valence-corrected chi connectivity index (χ0v) is 12.9. The molecule has 0 aliphatic heterocycles. The van der Waals surface area contributed by atoms with Crippen molar-refractivity contribution in [3.63, 3.8) is 0 Å². The van der Waals surface area contributed by atoms with Crippen LogP contribution in [0.25, 0.3) is 0 Å². The van der Waals surface area contributed by atoms with Crippen LogP contribution in [0.5, 0.6) is 0 Å². The summed E-state index contributed by atoms with van der Waals surface area (Å²) in [6.07, 6.45) is 8.46. The minimum atomic E-state index is -0.550. The van der Waals surface area contributed by atoms with Gasteiger partial charge in [0.15, 0.2) is 0 Å². The van der Waals surface area contributed by atoms with Gasteiger partial charge in [0.05, 0.1) is 23.1 Å². The van der Waals surface area contributed by atoms with Crippen LogP contribution < -0.4 is 0 Å². The van der Waals surface area contributed by atoms with Crippen molar-refractivity contribution in [2.45, 2.75) is 57.6 Å². The van der Waals surface area contributed by atoms with Crippen LogP contribution in [0.15, 0.2) is 18.3 Å². The first kappa shape index (κ1) is 14.3. The second-order valence-electron chi connectivity index (χ2n) is 6.13. The zero-order valence-electron chi connectivity index (χ0n) is 12.9. The number of hydrogen-bond acceptors (Lipinski definition) is 3. The van der Waals surface area contributed by atoms with Crippen molar-refractivity contribution in [2.75, 3.05) is 0 Å². The molecule has 1 unspecified atom stereocenters. The van der Waals surface area contributed by atoms with E-state index in [-0.39, 0.29) is 0 Å². The maximum atomic E-state index is 10.4. The molecule has 5 nitrogen and oxygen atoms in total. The lowest BCUT2D eigenvalue weighted by atomic mass is 9.96. The summed E-state index contributed by atoms with van der Waals surface area (Å²) in [7, 11) is 1.87. The maximum Gasteiger partial charge on any atom is 0.101 e. The predicted octanol–water partition coefficient (Wildman–Crippen LogP) is 2.71. The fraction of sp³-hybridized carbons (Fsp3) is 0.625. The second-order valence-corrected chi connectivity index (χ2v) is 6.13. The Kier molecular flexibility index (Phi) is 4.10. The van der Waals surface area contributed by atoms with Gasteiger partial charge in [0.1, 0.15) is 6.10 Å². The average molecular weight is 288 g/mol. The van der Waals surface area contributed by atoms with Crippen LogP contribution in [-0.4, -0.2) is 24.7 Å². The standard InChI is InChI=1S/C16H24N4O/c1-12-10-15(19(2)17-12)16(21)11-13-8-9-20(18-13)14-6-4-3-5-7-14/h8-10,14,16,21H,3-7,11H2,1-2H3. The number of aliphatic hydroxyl groups is 1. The highest BCUT2D eigenvalue weighted by atomic mass is 16.3. The van der Waals surface area contributed by atoms with E-state index in [0.717, 1.165) is 17.1 Å². The molecule has 2 heterocycles. The molecule has 0 saturated heterocycles. The monoisotopic (exact) mass is 288 g/mol. The van der Waals surface area contributed by atoms with Gasteiger partial charge < -0.3 is 5.11 Å². The Morgan fingerprint density at radius 3 is 2.71 bits per heavy atom. The number of aromatic nitrogens is 4. The first-order valence-electron chi connectivity index (χ1n) is 7.86. The van der Waals surface area contributed by atoms with Crippen molar-refractivity contribution >= 4 is 0 Å². The predicted molar refractivity (Wildman–Crippen MR) is 81.0 cm³/mol. The van der Waals surface area contributed by atoms with E-state index in [1.165, 1.54) is 32.1 Å². The Labute approximate surface area is 125 Å². The first-order valence-corrected chi connectivity index (χ1v) is 7.86. The summed E-state index contributed by atoms with van der Waals surface area (Å²) in [4.78, 5) is 0. The summed E-state index contributed by atoms with van der Waals surface area (Å²) in [5.41, 5.74) is 2.73. The van der Waals surface area contributed by atoms with Crippen molar-refractivity contribution < 1.29 is 5.11 Å². The molecule has 0 amide bonds. The topological polar surface area (TPSA) is 55.9 Å². The highest BCUT2D eigenvalue weighted by molar-refractivity contribution is 5.14. The fourth-order valence-corrected chi connectivity index (χ4v) is 3.28. The number of rotatable bonds is 4. The van der Waals surface area contributed by atoms with Crippen LogP contribution in [0, 0.1) is 6.92 Å². The van der Waals surface area contributed by atoms with Crippen LogP contribution in [0.1, 0.15) is 61.3 Å². The van der Waals surface area contributed by atoms with Gasteiger partial charge in [0.25, 0.3) is 0 Å². The Morgan fingerprint density at radius 1 is 1.29 bits per heavy atom. The third-order valence-electron chi connectivity index (χ3n) is 4.39. The fourth-order valence-electron chi connectivity index (χ4n) is 3.28. The summed E-state index contributed by atoms with van der Waals surface area (Å²) in [5, 5.41) is 19.3. The van der Waals surface area contributed by atoms with Gasteiger partial charge in [-0.15, -0.1) is 0 Å². The molecular formula is C16H24N4O. The van der Waals surface area contributed by atoms with E-state index >= 15 is 0 Å². The molecule has 2 aromatic rings. The number of nitrogens with zero attached hydrogens (tertiary/aromatic N) is 4. The van der Waals surface area contributed by atoms with Gasteiger partial charge in [-0.2, -0.15) is 10.2 Å². The lowest BCUT2D eigenvalue weighted by Crippen LogP contribution is -2.14. The van der Waals surface area contributed by atoms with Crippen LogP contribution in [0.3, 0.4) is 0 Å². The molecule has 5 heteroatoms. The molecule has 0 radical (unpaired) electrons. The molecule has 3 rings (SSSR count). The Morgan fingerprint density at radius 2 is 2.05 bits per heavy atom. The summed E-state index contributed by atoms with van der Waals surface area (Å²) in [6.45, 7) is 1.94. The highest BCUT2D eigenvalue weighted by Crippen LogP contribution is 2.28. The SMILES string of the molecule is Cc1cc(C(O)Cc2ccn(C3CCCCC3)n2)n(C)n1. The molecule has 1 atom stereocenters. The van der Waals surface area contributed by atoms with E-state index in [0.29, 0.717) is 12.5 Å². The van der Waals surface area contributed by atoms with Gasteiger partial charge in [0.2, 0.25) is 0 Å². The van der Waals surface area contributed by atoms with Gasteiger partial charge in [-0.25, -0.2) is 0 Å². The Bertz CT molecular complexity index is 595. The molecule has 0 aromatic carbocycles. The van der Waals surface area contributed by atoms with Gasteiger partial charge in [0, 0.05) is 19.7 Å². The van der Waals surface area contributed by atoms with E-state index in [1.54, 1.807) is 4.68 Å². The molecule has 21 heavy (non-hydrogen) atoms. The largest absolute Gasteiger partial charge is 0.386 e. The molecule has 0 spiro atoms. The maximum absolute atomic E-state index is 10.4. The molecule has 0 bridgehead atoms. The molecular weight excluding hydrogens is 264 g/mol. The molecule has 1 aliphatic rings. The summed E-state index contributed by atoms with van der Waals surface area (Å²) < 4.78 is 3.84. The van der Waals surface area contributed by atoms with Gasteiger partial charge >= 0.3 is 0 Å². The van der Waals surface area contributed by atoms with Crippen LogP contribution in [0.4, 0.5) is 0 Å². The molecule has 2 aromatic heterocycles. The van der Waals surface area contributed by atoms with E-state index in [2.05, 4.69) is 21.1 Å². The quantitative estimate of drug-likeness (QED) is 0.941. The van der Waals surface area contributed by atoms with E-state index in [1.807, 2.05) is 26.1 Å². The Hall–Kier alpha value is -1.62. The first-order chi connectivity index (χ1) is 10.1. The molecule has 1 fully saturated rings. The normalized spacial score (nSPS) is 18.0. The van der Waals surface area contributed by atoms with Crippen LogP contribution >= 0.6 is 0 Å². The van der Waals surface area contributed by atoms with Crippen molar-refractivity contribution in [1.29, 1.82) is 0 Å².